The highest BCUT2D eigenvalue weighted by Gasteiger charge is 2.38. The van der Waals surface area contributed by atoms with Crippen LogP contribution in [0.1, 0.15) is 34.0 Å². The van der Waals surface area contributed by atoms with Crippen molar-refractivity contribution in [2.24, 2.45) is 0 Å². The van der Waals surface area contributed by atoms with Crippen molar-refractivity contribution in [3.05, 3.63) is 58.7 Å². The van der Waals surface area contributed by atoms with Crippen LogP contribution in [-0.2, 0) is 28.8 Å². The molecule has 5 nitrogen and oxygen atoms in total. The maximum Gasteiger partial charge on any atom is 0.416 e. The molecule has 0 aromatic heterocycles. The van der Waals surface area contributed by atoms with Crippen LogP contribution in [0.2, 0.25) is 0 Å². The molecule has 0 aliphatic rings. The van der Waals surface area contributed by atoms with Crippen LogP contribution >= 0.6 is 0 Å². The van der Waals surface area contributed by atoms with Gasteiger partial charge in [0.15, 0.2) is 0 Å². The van der Waals surface area contributed by atoms with Crippen molar-refractivity contribution >= 4 is 21.7 Å². The van der Waals surface area contributed by atoms with Crippen molar-refractivity contribution in [2.75, 3.05) is 4.72 Å². The number of carbonyl (C=O) groups is 1. The Kier molecular flexibility index (Phi) is 5.89. The van der Waals surface area contributed by atoms with Gasteiger partial charge in [-0.2, -0.15) is 26.3 Å². The second-order valence-electron chi connectivity index (χ2n) is 5.89. The molecule has 2 aromatic carbocycles. The van der Waals surface area contributed by atoms with Crippen LogP contribution in [0.15, 0.2) is 41.3 Å². The first-order valence-corrected chi connectivity index (χ1v) is 9.32. The molecule has 2 rings (SSSR count). The first-order chi connectivity index (χ1) is 13.1. The van der Waals surface area contributed by atoms with Gasteiger partial charge in [-0.25, -0.2) is 13.2 Å². The minimum absolute atomic E-state index is 0.0401. The second kappa shape index (κ2) is 7.58. The number of sulfonamides is 1. The van der Waals surface area contributed by atoms with Gasteiger partial charge in [0.2, 0.25) is 0 Å². The summed E-state index contributed by atoms with van der Waals surface area (Å²) in [7, 11) is -4.97. The van der Waals surface area contributed by atoms with Gasteiger partial charge in [0.05, 0.1) is 27.3 Å². The summed E-state index contributed by atoms with van der Waals surface area (Å²) >= 11 is 0. The van der Waals surface area contributed by atoms with E-state index in [1.807, 2.05) is 0 Å². The third-order valence-corrected chi connectivity index (χ3v) is 5.18. The second-order valence-corrected chi connectivity index (χ2v) is 7.57. The van der Waals surface area contributed by atoms with E-state index in [9.17, 15) is 44.7 Å². The number of anilines is 1. The number of carboxylic acid groups (broad SMARTS) is 1. The number of carboxylic acids is 1. The van der Waals surface area contributed by atoms with Gasteiger partial charge in [-0.05, 0) is 42.3 Å². The third kappa shape index (κ3) is 5.19. The SMILES string of the molecule is CCc1ccc(NS(=O)(=O)c2cc(C(F)(F)F)cc(C(F)(F)F)c2)c(C(=O)O)c1. The van der Waals surface area contributed by atoms with E-state index in [-0.39, 0.29) is 18.2 Å². The standard InChI is InChI=1S/C17H13F6NO4S/c1-2-9-3-4-14(13(5-9)15(25)26)24-29(27,28)12-7-10(16(18,19)20)6-11(8-12)17(21,22)23/h3-8,24H,2H2,1H3,(H,25,26). The molecule has 0 saturated carbocycles. The van der Waals surface area contributed by atoms with E-state index in [2.05, 4.69) is 0 Å². The highest BCUT2D eigenvalue weighted by Crippen LogP contribution is 2.37. The van der Waals surface area contributed by atoms with Crippen molar-refractivity contribution in [1.82, 2.24) is 0 Å². The fraction of sp³-hybridized carbons (Fsp3) is 0.235. The number of halogens is 6. The Morgan fingerprint density at radius 2 is 1.48 bits per heavy atom. The zero-order valence-electron chi connectivity index (χ0n) is 14.5. The lowest BCUT2D eigenvalue weighted by Gasteiger charge is -2.16. The molecule has 0 aliphatic carbocycles. The Morgan fingerprint density at radius 3 is 1.90 bits per heavy atom. The van der Waals surface area contributed by atoms with E-state index in [0.29, 0.717) is 12.0 Å². The number of nitrogens with one attached hydrogen (secondary N) is 1. The molecular formula is C17H13F6NO4S. The molecule has 29 heavy (non-hydrogen) atoms. The van der Waals surface area contributed by atoms with E-state index >= 15 is 0 Å². The molecule has 0 radical (unpaired) electrons. The van der Waals surface area contributed by atoms with Crippen LogP contribution < -0.4 is 4.72 Å². The molecule has 0 spiro atoms. The number of aromatic carboxylic acids is 1. The van der Waals surface area contributed by atoms with E-state index in [0.717, 1.165) is 12.1 Å². The van der Waals surface area contributed by atoms with E-state index in [4.69, 9.17) is 0 Å². The molecule has 0 saturated heterocycles. The summed E-state index contributed by atoms with van der Waals surface area (Å²) < 4.78 is 104. The molecule has 0 fully saturated rings. The van der Waals surface area contributed by atoms with Gasteiger partial charge in [0, 0.05) is 0 Å². The summed E-state index contributed by atoms with van der Waals surface area (Å²) in [6.45, 7) is 1.70. The van der Waals surface area contributed by atoms with Gasteiger partial charge in [0.25, 0.3) is 10.0 Å². The van der Waals surface area contributed by atoms with Crippen LogP contribution in [0.4, 0.5) is 32.0 Å². The monoisotopic (exact) mass is 441 g/mol. The smallest absolute Gasteiger partial charge is 0.416 e. The van der Waals surface area contributed by atoms with Crippen molar-refractivity contribution in [2.45, 2.75) is 30.6 Å². The van der Waals surface area contributed by atoms with Gasteiger partial charge < -0.3 is 5.11 Å². The number of hydrogen-bond acceptors (Lipinski definition) is 3. The molecule has 0 unspecified atom stereocenters. The molecule has 2 aromatic rings. The summed E-state index contributed by atoms with van der Waals surface area (Å²) in [5.41, 5.74) is -4.10. The van der Waals surface area contributed by atoms with Crippen LogP contribution in [0.5, 0.6) is 0 Å². The highest BCUT2D eigenvalue weighted by molar-refractivity contribution is 7.92. The first kappa shape index (κ1) is 22.5. The normalized spacial score (nSPS) is 12.7. The Morgan fingerprint density at radius 1 is 0.966 bits per heavy atom. The van der Waals surface area contributed by atoms with Gasteiger partial charge >= 0.3 is 18.3 Å². The summed E-state index contributed by atoms with van der Waals surface area (Å²) in [5, 5.41) is 9.22. The van der Waals surface area contributed by atoms with Crippen LogP contribution in [0.25, 0.3) is 0 Å². The average Bonchev–Trinajstić information content (AvgIpc) is 2.59. The summed E-state index contributed by atoms with van der Waals surface area (Å²) in [4.78, 5) is 10.0. The highest BCUT2D eigenvalue weighted by atomic mass is 32.2. The number of rotatable bonds is 5. The van der Waals surface area contributed by atoms with Gasteiger partial charge in [0.1, 0.15) is 0 Å². The van der Waals surface area contributed by atoms with Crippen LogP contribution in [0, 0.1) is 0 Å². The molecule has 0 bridgehead atoms. The van der Waals surface area contributed by atoms with E-state index in [1.54, 1.807) is 11.6 Å². The fourth-order valence-corrected chi connectivity index (χ4v) is 3.51. The Balaban J connectivity index is 2.61. The van der Waals surface area contributed by atoms with E-state index in [1.165, 1.54) is 6.07 Å². The van der Waals surface area contributed by atoms with Gasteiger partial charge in [-0.3, -0.25) is 4.72 Å². The summed E-state index contributed by atoms with van der Waals surface area (Å²) in [6, 6.07) is 3.46. The number of benzene rings is 2. The maximum absolute atomic E-state index is 12.9. The Hall–Kier alpha value is -2.76. The summed E-state index contributed by atoms with van der Waals surface area (Å²) in [6.07, 6.45) is -10.1. The van der Waals surface area contributed by atoms with Crippen molar-refractivity contribution in [3.8, 4) is 0 Å². The molecule has 2 N–H and O–H groups in total. The Bertz CT molecular complexity index is 1010. The average molecular weight is 441 g/mol. The zero-order chi connectivity index (χ0) is 22.2. The fourth-order valence-electron chi connectivity index (χ4n) is 2.36. The van der Waals surface area contributed by atoms with Crippen molar-refractivity contribution in [1.29, 1.82) is 0 Å². The summed E-state index contributed by atoms with van der Waals surface area (Å²) in [5.74, 6) is -1.53. The minimum atomic E-state index is -5.24. The zero-order valence-corrected chi connectivity index (χ0v) is 15.3. The minimum Gasteiger partial charge on any atom is -0.478 e. The van der Waals surface area contributed by atoms with Crippen molar-refractivity contribution in [3.63, 3.8) is 0 Å². The molecule has 158 valence electrons. The molecule has 0 heterocycles. The number of alkyl halides is 6. The predicted octanol–water partition coefficient (Wildman–Crippen LogP) is 4.79. The van der Waals surface area contributed by atoms with Crippen LogP contribution in [-0.4, -0.2) is 19.5 Å². The third-order valence-electron chi connectivity index (χ3n) is 3.84. The molecule has 0 atom stereocenters. The van der Waals surface area contributed by atoms with E-state index < -0.39 is 55.6 Å². The molecule has 0 aliphatic heterocycles. The number of hydrogen-bond donors (Lipinski definition) is 2. The topological polar surface area (TPSA) is 83.5 Å². The lowest BCUT2D eigenvalue weighted by Crippen LogP contribution is -2.19. The molecule has 12 heteroatoms. The Labute approximate surface area is 161 Å². The van der Waals surface area contributed by atoms with Crippen molar-refractivity contribution < 1.29 is 44.7 Å². The van der Waals surface area contributed by atoms with Gasteiger partial charge in [-0.15, -0.1) is 0 Å². The van der Waals surface area contributed by atoms with Gasteiger partial charge in [-0.1, -0.05) is 13.0 Å². The molecular weight excluding hydrogens is 428 g/mol. The lowest BCUT2D eigenvalue weighted by molar-refractivity contribution is -0.143. The predicted molar refractivity (Wildman–Crippen MR) is 90.0 cm³/mol. The number of aryl methyl sites for hydroxylation is 1. The van der Waals surface area contributed by atoms with Crippen LogP contribution in [0.3, 0.4) is 0 Å². The first-order valence-electron chi connectivity index (χ1n) is 7.83. The largest absolute Gasteiger partial charge is 0.478 e. The molecule has 0 amide bonds. The lowest BCUT2D eigenvalue weighted by atomic mass is 10.1. The maximum atomic E-state index is 12.9. The quantitative estimate of drug-likeness (QED) is 0.654.